The lowest BCUT2D eigenvalue weighted by Crippen LogP contribution is -2.52. The van der Waals surface area contributed by atoms with Crippen molar-refractivity contribution in [3.63, 3.8) is 0 Å². The van der Waals surface area contributed by atoms with E-state index in [0.29, 0.717) is 30.2 Å². The van der Waals surface area contributed by atoms with Crippen molar-refractivity contribution in [3.8, 4) is 11.5 Å². The second-order valence-corrected chi connectivity index (χ2v) is 9.74. The number of nitrogens with zero attached hydrogens (tertiary/aromatic N) is 1. The Labute approximate surface area is 230 Å². The number of halogens is 1. The summed E-state index contributed by atoms with van der Waals surface area (Å²) in [6.45, 7) is 4.65. The maximum atomic E-state index is 13.7. The van der Waals surface area contributed by atoms with E-state index in [9.17, 15) is 9.59 Å². The molecule has 0 aliphatic heterocycles. The molecule has 1 N–H and O–H groups in total. The Morgan fingerprint density at radius 1 is 0.947 bits per heavy atom. The number of hydrogen-bond donors (Lipinski definition) is 1. The number of hydrogen-bond acceptors (Lipinski definition) is 4. The molecule has 0 radical (unpaired) electrons. The van der Waals surface area contributed by atoms with Gasteiger partial charge in [-0.05, 0) is 67.3 Å². The largest absolute Gasteiger partial charge is 0.497 e. The van der Waals surface area contributed by atoms with Crippen LogP contribution >= 0.6 is 11.6 Å². The average molecular weight is 537 g/mol. The first-order valence-electron chi connectivity index (χ1n) is 13.0. The van der Waals surface area contributed by atoms with Crippen LogP contribution in [0.15, 0.2) is 78.9 Å². The third-order valence-corrected chi connectivity index (χ3v) is 6.61. The van der Waals surface area contributed by atoms with Crippen molar-refractivity contribution in [2.45, 2.75) is 58.2 Å². The van der Waals surface area contributed by atoms with Gasteiger partial charge < -0.3 is 19.7 Å². The summed E-state index contributed by atoms with van der Waals surface area (Å²) in [7, 11) is 1.62. The predicted octanol–water partition coefficient (Wildman–Crippen LogP) is 6.06. The summed E-state index contributed by atoms with van der Waals surface area (Å²) in [5, 5.41) is 3.68. The summed E-state index contributed by atoms with van der Waals surface area (Å²) < 4.78 is 11.0. The molecule has 2 atom stereocenters. The minimum absolute atomic E-state index is 0.00166. The number of nitrogens with one attached hydrogen (secondary N) is 1. The molecule has 0 aromatic heterocycles. The lowest BCUT2D eigenvalue weighted by Gasteiger charge is -2.32. The molecule has 3 aromatic rings. The van der Waals surface area contributed by atoms with E-state index in [4.69, 9.17) is 21.1 Å². The quantitative estimate of drug-likeness (QED) is 0.254. The molecule has 0 aliphatic rings. The molecule has 0 saturated heterocycles. The molecular formula is C31H37ClN2O4. The standard InChI is InChI=1S/C31H37ClN2O4/c1-4-23(2)33-31(36)29(21-24-10-6-5-7-11-24)34(22-25-12-8-13-26(32)20-25)30(35)14-9-19-38-28-17-15-27(37-3)16-18-28/h5-8,10-13,15-18,20,23,29H,4,9,14,19,21-22H2,1-3H3,(H,33,36)/t23-,29-/m1/s1. The van der Waals surface area contributed by atoms with Gasteiger partial charge in [-0.2, -0.15) is 0 Å². The molecule has 0 bridgehead atoms. The van der Waals surface area contributed by atoms with E-state index in [2.05, 4.69) is 5.32 Å². The van der Waals surface area contributed by atoms with Crippen LogP contribution in [0.2, 0.25) is 5.02 Å². The first-order chi connectivity index (χ1) is 18.4. The zero-order valence-electron chi connectivity index (χ0n) is 22.4. The van der Waals surface area contributed by atoms with Crippen LogP contribution in [0, 0.1) is 0 Å². The first kappa shape index (κ1) is 29.1. The van der Waals surface area contributed by atoms with Crippen LogP contribution in [0.25, 0.3) is 0 Å². The molecule has 0 spiro atoms. The highest BCUT2D eigenvalue weighted by atomic mass is 35.5. The minimum atomic E-state index is -0.666. The lowest BCUT2D eigenvalue weighted by molar-refractivity contribution is -0.141. The molecular weight excluding hydrogens is 500 g/mol. The number of benzene rings is 3. The first-order valence-corrected chi connectivity index (χ1v) is 13.4. The molecule has 0 heterocycles. The van der Waals surface area contributed by atoms with E-state index >= 15 is 0 Å². The summed E-state index contributed by atoms with van der Waals surface area (Å²) in [6, 6.07) is 23.9. The van der Waals surface area contributed by atoms with Crippen molar-refractivity contribution in [2.24, 2.45) is 0 Å². The molecule has 3 aromatic carbocycles. The zero-order chi connectivity index (χ0) is 27.3. The molecule has 7 heteroatoms. The summed E-state index contributed by atoms with van der Waals surface area (Å²) in [5.74, 6) is 1.20. The van der Waals surface area contributed by atoms with Gasteiger partial charge in [-0.25, -0.2) is 0 Å². The number of rotatable bonds is 14. The van der Waals surface area contributed by atoms with Gasteiger partial charge in [-0.1, -0.05) is 61.0 Å². The fourth-order valence-electron chi connectivity index (χ4n) is 4.06. The number of carbonyl (C=O) groups is 2. The maximum absolute atomic E-state index is 13.7. The summed E-state index contributed by atoms with van der Waals surface area (Å²) in [6.07, 6.45) is 1.98. The van der Waals surface area contributed by atoms with E-state index < -0.39 is 6.04 Å². The fraction of sp³-hybridized carbons (Fsp3) is 0.355. The van der Waals surface area contributed by atoms with Gasteiger partial charge in [0.1, 0.15) is 17.5 Å². The van der Waals surface area contributed by atoms with Crippen molar-refractivity contribution in [2.75, 3.05) is 13.7 Å². The molecule has 2 amide bonds. The average Bonchev–Trinajstić information content (AvgIpc) is 2.93. The maximum Gasteiger partial charge on any atom is 0.243 e. The van der Waals surface area contributed by atoms with E-state index in [0.717, 1.165) is 23.3 Å². The van der Waals surface area contributed by atoms with E-state index in [-0.39, 0.29) is 30.8 Å². The number of amides is 2. The van der Waals surface area contributed by atoms with Gasteiger partial charge in [0.2, 0.25) is 11.8 Å². The Bertz CT molecular complexity index is 1150. The second-order valence-electron chi connectivity index (χ2n) is 9.30. The Morgan fingerprint density at radius 3 is 2.29 bits per heavy atom. The van der Waals surface area contributed by atoms with Crippen molar-refractivity contribution in [1.82, 2.24) is 10.2 Å². The van der Waals surface area contributed by atoms with E-state index in [1.807, 2.05) is 86.6 Å². The summed E-state index contributed by atoms with van der Waals surface area (Å²) in [4.78, 5) is 28.9. The van der Waals surface area contributed by atoms with Gasteiger partial charge in [-0.3, -0.25) is 9.59 Å². The van der Waals surface area contributed by atoms with Crippen LogP contribution in [0.1, 0.15) is 44.2 Å². The number of carbonyl (C=O) groups excluding carboxylic acids is 2. The minimum Gasteiger partial charge on any atom is -0.497 e. The highest BCUT2D eigenvalue weighted by molar-refractivity contribution is 6.30. The molecule has 0 saturated carbocycles. The Hall–Kier alpha value is -3.51. The molecule has 38 heavy (non-hydrogen) atoms. The molecule has 0 unspecified atom stereocenters. The van der Waals surface area contributed by atoms with Crippen molar-refractivity contribution >= 4 is 23.4 Å². The van der Waals surface area contributed by atoms with E-state index in [1.165, 1.54) is 0 Å². The van der Waals surface area contributed by atoms with Gasteiger partial charge in [0.05, 0.1) is 13.7 Å². The monoisotopic (exact) mass is 536 g/mol. The summed E-state index contributed by atoms with van der Waals surface area (Å²) >= 11 is 6.24. The third-order valence-electron chi connectivity index (χ3n) is 6.38. The molecule has 3 rings (SSSR count). The number of ether oxygens (including phenoxy) is 2. The molecule has 202 valence electrons. The highest BCUT2D eigenvalue weighted by Gasteiger charge is 2.30. The smallest absolute Gasteiger partial charge is 0.243 e. The fourth-order valence-corrected chi connectivity index (χ4v) is 4.27. The van der Waals surface area contributed by atoms with Crippen molar-refractivity contribution in [1.29, 1.82) is 0 Å². The SMILES string of the molecule is CC[C@@H](C)NC(=O)[C@@H](Cc1ccccc1)N(Cc1cccc(Cl)c1)C(=O)CCCOc1ccc(OC)cc1. The van der Waals surface area contributed by atoms with Gasteiger partial charge in [0.25, 0.3) is 0 Å². The van der Waals surface area contributed by atoms with Crippen molar-refractivity contribution < 1.29 is 19.1 Å². The third kappa shape index (κ3) is 9.10. The van der Waals surface area contributed by atoms with E-state index in [1.54, 1.807) is 18.1 Å². The van der Waals surface area contributed by atoms with Gasteiger partial charge in [-0.15, -0.1) is 0 Å². The van der Waals surface area contributed by atoms with Crippen molar-refractivity contribution in [3.05, 3.63) is 95.0 Å². The summed E-state index contributed by atoms with van der Waals surface area (Å²) in [5.41, 5.74) is 1.86. The molecule has 0 aliphatic carbocycles. The molecule has 6 nitrogen and oxygen atoms in total. The van der Waals surface area contributed by atoms with Crippen LogP contribution in [0.4, 0.5) is 0 Å². The van der Waals surface area contributed by atoms with Crippen LogP contribution in [-0.2, 0) is 22.6 Å². The molecule has 0 fully saturated rings. The van der Waals surface area contributed by atoms with Gasteiger partial charge in [0, 0.05) is 30.5 Å². The Morgan fingerprint density at radius 2 is 1.63 bits per heavy atom. The number of methoxy groups -OCH3 is 1. The van der Waals surface area contributed by atoms with Crippen LogP contribution in [-0.4, -0.2) is 42.5 Å². The normalized spacial score (nSPS) is 12.3. The van der Waals surface area contributed by atoms with Gasteiger partial charge in [0.15, 0.2) is 0 Å². The van der Waals surface area contributed by atoms with Gasteiger partial charge >= 0.3 is 0 Å². The zero-order valence-corrected chi connectivity index (χ0v) is 23.1. The van der Waals surface area contributed by atoms with Crippen LogP contribution in [0.3, 0.4) is 0 Å². The second kappa shape index (κ2) is 15.0. The highest BCUT2D eigenvalue weighted by Crippen LogP contribution is 2.20. The lowest BCUT2D eigenvalue weighted by atomic mass is 10.0. The Balaban J connectivity index is 1.78. The predicted molar refractivity (Wildman–Crippen MR) is 152 cm³/mol. The van der Waals surface area contributed by atoms with Crippen LogP contribution < -0.4 is 14.8 Å². The Kier molecular flexibility index (Phi) is 11.5. The topological polar surface area (TPSA) is 67.9 Å². The van der Waals surface area contributed by atoms with Crippen LogP contribution in [0.5, 0.6) is 11.5 Å².